The van der Waals surface area contributed by atoms with E-state index in [0.29, 0.717) is 54.3 Å². The van der Waals surface area contributed by atoms with E-state index in [1.165, 1.54) is 11.8 Å². The molecule has 0 radical (unpaired) electrons. The second-order valence-corrected chi connectivity index (χ2v) is 11.1. The van der Waals surface area contributed by atoms with Crippen LogP contribution in [0.25, 0.3) is 0 Å². The molecular formula is C24H31FN6O3S. The Kier molecular flexibility index (Phi) is 5.98. The molecule has 1 unspecified atom stereocenters. The van der Waals surface area contributed by atoms with E-state index in [1.807, 2.05) is 17.9 Å². The van der Waals surface area contributed by atoms with Gasteiger partial charge in [-0.3, -0.25) is 0 Å². The molecule has 4 atom stereocenters. The van der Waals surface area contributed by atoms with Gasteiger partial charge in [0.15, 0.2) is 17.4 Å². The van der Waals surface area contributed by atoms with Gasteiger partial charge in [-0.05, 0) is 25.8 Å². The number of pyridine rings is 1. The van der Waals surface area contributed by atoms with E-state index in [-0.39, 0.29) is 30.2 Å². The Morgan fingerprint density at radius 3 is 2.86 bits per heavy atom. The van der Waals surface area contributed by atoms with Crippen LogP contribution in [0.3, 0.4) is 0 Å². The lowest BCUT2D eigenvalue weighted by molar-refractivity contribution is 0.0973. The second kappa shape index (κ2) is 9.02. The quantitative estimate of drug-likeness (QED) is 0.645. The minimum atomic E-state index is -0.858. The third-order valence-corrected chi connectivity index (χ3v) is 8.92. The summed E-state index contributed by atoms with van der Waals surface area (Å²) in [5, 5.41) is 10.7. The fourth-order valence-corrected chi connectivity index (χ4v) is 6.73. The van der Waals surface area contributed by atoms with Gasteiger partial charge in [0, 0.05) is 37.2 Å². The smallest absolute Gasteiger partial charge is 0.175 e. The summed E-state index contributed by atoms with van der Waals surface area (Å²) in [6, 6.07) is 1.95. The predicted molar refractivity (Wildman–Crippen MR) is 130 cm³/mol. The fraction of sp³-hybridized carbons (Fsp3) is 0.625. The highest BCUT2D eigenvalue weighted by atomic mass is 32.2. The van der Waals surface area contributed by atoms with E-state index < -0.39 is 6.17 Å². The third-order valence-electron chi connectivity index (χ3n) is 7.98. The highest BCUT2D eigenvalue weighted by Crippen LogP contribution is 2.45. The molecule has 4 aliphatic heterocycles. The predicted octanol–water partition coefficient (Wildman–Crippen LogP) is 2.16. The van der Waals surface area contributed by atoms with Crippen LogP contribution in [0.15, 0.2) is 28.4 Å². The summed E-state index contributed by atoms with van der Waals surface area (Å²) in [7, 11) is 0. The largest absolute Gasteiger partial charge is 0.486 e. The van der Waals surface area contributed by atoms with Crippen molar-refractivity contribution in [2.75, 3.05) is 42.6 Å². The lowest BCUT2D eigenvalue weighted by Crippen LogP contribution is -2.51. The topological polar surface area (TPSA) is 110 Å². The van der Waals surface area contributed by atoms with E-state index in [4.69, 9.17) is 25.2 Å². The Morgan fingerprint density at radius 1 is 1.29 bits per heavy atom. The number of aliphatic hydroxyl groups is 1. The number of hydrogen-bond acceptors (Lipinski definition) is 10. The van der Waals surface area contributed by atoms with E-state index in [1.54, 1.807) is 12.4 Å². The molecule has 11 heteroatoms. The van der Waals surface area contributed by atoms with Gasteiger partial charge in [-0.1, -0.05) is 11.8 Å². The molecule has 3 fully saturated rings. The first kappa shape index (κ1) is 23.2. The van der Waals surface area contributed by atoms with Crippen molar-refractivity contribution in [2.24, 2.45) is 11.1 Å². The van der Waals surface area contributed by atoms with Gasteiger partial charge in [-0.2, -0.15) is 0 Å². The van der Waals surface area contributed by atoms with Crippen molar-refractivity contribution in [3.63, 3.8) is 0 Å². The number of nitrogens with two attached hydrogens (primary N) is 1. The SMILES string of the molecule is C[C@@H]1OCC2(CCN(c3ncc(Sc4ccnc5c4OCC4C[C@@H](F)CN54)nc3CO)CC2)[C@@H]1N. The molecule has 3 N–H and O–H groups in total. The maximum absolute atomic E-state index is 14.0. The molecule has 2 aromatic rings. The molecule has 0 aromatic carbocycles. The number of rotatable bonds is 4. The Labute approximate surface area is 208 Å². The van der Waals surface area contributed by atoms with E-state index in [9.17, 15) is 9.50 Å². The molecular weight excluding hydrogens is 471 g/mol. The zero-order valence-electron chi connectivity index (χ0n) is 19.8. The van der Waals surface area contributed by atoms with Crippen LogP contribution in [0.1, 0.15) is 31.9 Å². The monoisotopic (exact) mass is 502 g/mol. The van der Waals surface area contributed by atoms with Crippen LogP contribution in [-0.2, 0) is 11.3 Å². The van der Waals surface area contributed by atoms with Crippen LogP contribution >= 0.6 is 11.8 Å². The van der Waals surface area contributed by atoms with Crippen LogP contribution in [0.2, 0.25) is 0 Å². The maximum atomic E-state index is 14.0. The first-order valence-corrected chi connectivity index (χ1v) is 13.1. The zero-order chi connectivity index (χ0) is 24.2. The van der Waals surface area contributed by atoms with Crippen molar-refractivity contribution in [1.82, 2.24) is 15.0 Å². The maximum Gasteiger partial charge on any atom is 0.175 e. The second-order valence-electron chi connectivity index (χ2n) is 10.0. The van der Waals surface area contributed by atoms with Gasteiger partial charge in [-0.25, -0.2) is 19.3 Å². The van der Waals surface area contributed by atoms with Crippen LogP contribution < -0.4 is 20.3 Å². The van der Waals surface area contributed by atoms with E-state index in [2.05, 4.69) is 9.88 Å². The van der Waals surface area contributed by atoms with Gasteiger partial charge in [-0.15, -0.1) is 0 Å². The standard InChI is InChI=1S/C24H31FN6O3S/c1-14-21(26)24(13-34-14)3-6-30(7-4-24)22-17(11-32)29-19(9-28-22)35-18-2-5-27-23-20(18)33-12-16-8-15(25)10-31(16)23/h2,5,9,14-16,21,32H,3-4,6-8,10-13,26H2,1H3/t14-,15+,16?,21+/m0/s1. The van der Waals surface area contributed by atoms with Gasteiger partial charge in [0.1, 0.15) is 23.5 Å². The molecule has 188 valence electrons. The number of aliphatic hydroxyl groups excluding tert-OH is 1. The molecule has 9 nitrogen and oxygen atoms in total. The normalized spacial score (nSPS) is 29.3. The molecule has 3 saturated heterocycles. The van der Waals surface area contributed by atoms with E-state index in [0.717, 1.165) is 30.8 Å². The molecule has 35 heavy (non-hydrogen) atoms. The number of nitrogens with zero attached hydrogens (tertiary/aromatic N) is 5. The van der Waals surface area contributed by atoms with Crippen molar-refractivity contribution in [3.05, 3.63) is 24.2 Å². The van der Waals surface area contributed by atoms with Crippen molar-refractivity contribution >= 4 is 23.4 Å². The zero-order valence-corrected chi connectivity index (χ0v) is 20.6. The molecule has 6 heterocycles. The average molecular weight is 503 g/mol. The highest BCUT2D eigenvalue weighted by Gasteiger charge is 2.47. The number of fused-ring (bicyclic) bond motifs is 3. The van der Waals surface area contributed by atoms with Gasteiger partial charge in [0.2, 0.25) is 0 Å². The Balaban J connectivity index is 1.19. The molecule has 0 aliphatic carbocycles. The first-order chi connectivity index (χ1) is 17.0. The first-order valence-electron chi connectivity index (χ1n) is 12.3. The van der Waals surface area contributed by atoms with Gasteiger partial charge in [0.25, 0.3) is 0 Å². The number of alkyl halides is 1. The minimum Gasteiger partial charge on any atom is -0.486 e. The number of hydrogen-bond donors (Lipinski definition) is 2. The summed E-state index contributed by atoms with van der Waals surface area (Å²) in [6.45, 7) is 4.95. The van der Waals surface area contributed by atoms with Crippen LogP contribution in [0.4, 0.5) is 16.0 Å². The van der Waals surface area contributed by atoms with E-state index >= 15 is 0 Å². The van der Waals surface area contributed by atoms with Gasteiger partial charge >= 0.3 is 0 Å². The number of halogens is 1. The molecule has 0 bridgehead atoms. The number of piperidine rings is 1. The average Bonchev–Trinajstić information content (AvgIpc) is 3.39. The fourth-order valence-electron chi connectivity index (χ4n) is 5.87. The molecule has 6 rings (SSSR count). The lowest BCUT2D eigenvalue weighted by Gasteiger charge is -2.41. The lowest BCUT2D eigenvalue weighted by atomic mass is 9.73. The van der Waals surface area contributed by atoms with Crippen molar-refractivity contribution in [3.8, 4) is 5.75 Å². The van der Waals surface area contributed by atoms with Crippen molar-refractivity contribution in [1.29, 1.82) is 0 Å². The Hall–Kier alpha value is -2.21. The number of anilines is 2. The summed E-state index contributed by atoms with van der Waals surface area (Å²) >= 11 is 1.42. The number of ether oxygens (including phenoxy) is 2. The summed E-state index contributed by atoms with van der Waals surface area (Å²) in [5.74, 6) is 2.06. The van der Waals surface area contributed by atoms with Crippen molar-refractivity contribution < 1.29 is 19.0 Å². The Morgan fingerprint density at radius 2 is 2.11 bits per heavy atom. The van der Waals surface area contributed by atoms with Crippen molar-refractivity contribution in [2.45, 2.75) is 67.1 Å². The summed E-state index contributed by atoms with van der Waals surface area (Å²) < 4.78 is 25.8. The van der Waals surface area contributed by atoms with Gasteiger partial charge in [0.05, 0.1) is 43.0 Å². The molecule has 4 aliphatic rings. The summed E-state index contributed by atoms with van der Waals surface area (Å²) in [5.41, 5.74) is 7.03. The summed E-state index contributed by atoms with van der Waals surface area (Å²) in [4.78, 5) is 18.9. The van der Waals surface area contributed by atoms with Crippen LogP contribution in [0.5, 0.6) is 5.75 Å². The number of aromatic nitrogens is 3. The molecule has 0 amide bonds. The van der Waals surface area contributed by atoms with Crippen LogP contribution in [-0.4, -0.2) is 77.3 Å². The molecule has 1 spiro atoms. The minimum absolute atomic E-state index is 0.0233. The van der Waals surface area contributed by atoms with Gasteiger partial charge < -0.3 is 30.1 Å². The molecule has 0 saturated carbocycles. The Bertz CT molecular complexity index is 1100. The van der Waals surface area contributed by atoms with Crippen LogP contribution in [0, 0.1) is 5.41 Å². The third kappa shape index (κ3) is 4.02. The highest BCUT2D eigenvalue weighted by molar-refractivity contribution is 7.99. The molecule has 2 aromatic heterocycles. The summed E-state index contributed by atoms with van der Waals surface area (Å²) in [6.07, 6.45) is 5.02.